The zero-order valence-electron chi connectivity index (χ0n) is 11.9. The first-order valence-corrected chi connectivity index (χ1v) is 6.21. The fraction of sp³-hybridized carbons (Fsp3) is 0.133. The molecule has 0 radical (unpaired) electrons. The molecule has 0 atom stereocenters. The molecule has 0 aliphatic heterocycles. The van der Waals surface area contributed by atoms with E-state index in [1.165, 1.54) is 26.4 Å². The largest absolute Gasteiger partial charge is 0.493 e. The number of aromatic carboxylic acids is 1. The Morgan fingerprint density at radius 3 is 2.27 bits per heavy atom. The van der Waals surface area contributed by atoms with Crippen LogP contribution in [-0.2, 0) is 0 Å². The maximum atomic E-state index is 11.1. The third-order valence-electron chi connectivity index (χ3n) is 3.09. The second-order valence-corrected chi connectivity index (χ2v) is 4.40. The van der Waals surface area contributed by atoms with Crippen molar-refractivity contribution in [2.24, 2.45) is 0 Å². The summed E-state index contributed by atoms with van der Waals surface area (Å²) in [5, 5.41) is 20.0. The lowest BCUT2D eigenvalue weighted by atomic mass is 10.0. The molecule has 0 aromatic heterocycles. The molecule has 0 unspecified atom stereocenters. The quantitative estimate of drug-likeness (QED) is 0.673. The van der Waals surface area contributed by atoms with E-state index in [-0.39, 0.29) is 11.3 Å². The van der Waals surface area contributed by atoms with Gasteiger partial charge in [-0.05, 0) is 29.3 Å². The lowest BCUT2D eigenvalue weighted by Gasteiger charge is -2.10. The van der Waals surface area contributed by atoms with Gasteiger partial charge in [-0.25, -0.2) is 4.79 Å². The van der Waals surface area contributed by atoms with Crippen molar-refractivity contribution in [3.8, 4) is 22.6 Å². The molecule has 0 heterocycles. The summed E-state index contributed by atoms with van der Waals surface area (Å²) in [6.07, 6.45) is 0. The standard InChI is InChI=1S/C15H13NO6/c1-21-13-4-3-9(8-14(13)22-2)10-5-11(15(17)18)7-12(6-10)16(19)20/h3-8H,1-2H3,(H,17,18). The third-order valence-corrected chi connectivity index (χ3v) is 3.09. The highest BCUT2D eigenvalue weighted by atomic mass is 16.6. The first kappa shape index (κ1) is 15.3. The molecule has 22 heavy (non-hydrogen) atoms. The third kappa shape index (κ3) is 2.98. The van der Waals surface area contributed by atoms with Gasteiger partial charge in [0.1, 0.15) is 0 Å². The van der Waals surface area contributed by atoms with Gasteiger partial charge in [0, 0.05) is 12.1 Å². The van der Waals surface area contributed by atoms with Crippen LogP contribution < -0.4 is 9.47 Å². The molecule has 0 fully saturated rings. The van der Waals surface area contributed by atoms with Crippen molar-refractivity contribution in [1.82, 2.24) is 0 Å². The zero-order chi connectivity index (χ0) is 16.3. The number of hydrogen-bond acceptors (Lipinski definition) is 5. The van der Waals surface area contributed by atoms with Crippen LogP contribution in [0.1, 0.15) is 10.4 Å². The van der Waals surface area contributed by atoms with Gasteiger partial charge in [-0.3, -0.25) is 10.1 Å². The number of nitro groups is 1. The van der Waals surface area contributed by atoms with Crippen LogP contribution in [0.15, 0.2) is 36.4 Å². The van der Waals surface area contributed by atoms with Crippen molar-refractivity contribution >= 4 is 11.7 Å². The van der Waals surface area contributed by atoms with Crippen LogP contribution in [0.5, 0.6) is 11.5 Å². The molecule has 0 aliphatic carbocycles. The van der Waals surface area contributed by atoms with Crippen LogP contribution in [0.2, 0.25) is 0 Å². The van der Waals surface area contributed by atoms with Gasteiger partial charge in [0.25, 0.3) is 5.69 Å². The number of carboxylic acids is 1. The van der Waals surface area contributed by atoms with Crippen LogP contribution in [0.4, 0.5) is 5.69 Å². The SMILES string of the molecule is COc1ccc(-c2cc(C(=O)O)cc([N+](=O)[O-])c2)cc1OC. The molecule has 2 aromatic carbocycles. The monoisotopic (exact) mass is 303 g/mol. The molecule has 2 aromatic rings. The number of ether oxygens (including phenoxy) is 2. The number of carbonyl (C=O) groups is 1. The molecule has 0 saturated heterocycles. The molecule has 1 N–H and O–H groups in total. The van der Waals surface area contributed by atoms with Gasteiger partial charge in [-0.2, -0.15) is 0 Å². The van der Waals surface area contributed by atoms with Crippen LogP contribution in [0, 0.1) is 10.1 Å². The molecule has 7 heteroatoms. The molecular formula is C15H13NO6. The number of methoxy groups -OCH3 is 2. The maximum Gasteiger partial charge on any atom is 0.335 e. The fourth-order valence-corrected chi connectivity index (χ4v) is 2.02. The van der Waals surface area contributed by atoms with Crippen molar-refractivity contribution in [3.05, 3.63) is 52.1 Å². The number of hydrogen-bond donors (Lipinski definition) is 1. The first-order chi connectivity index (χ1) is 10.5. The summed E-state index contributed by atoms with van der Waals surface area (Å²) < 4.78 is 10.3. The molecule has 114 valence electrons. The minimum Gasteiger partial charge on any atom is -0.493 e. The minimum atomic E-state index is -1.23. The van der Waals surface area contributed by atoms with Crippen LogP contribution in [-0.4, -0.2) is 30.2 Å². The lowest BCUT2D eigenvalue weighted by molar-refractivity contribution is -0.384. The normalized spacial score (nSPS) is 10.1. The second kappa shape index (κ2) is 6.13. The van der Waals surface area contributed by atoms with Crippen molar-refractivity contribution in [2.45, 2.75) is 0 Å². The Bertz CT molecular complexity index is 709. The van der Waals surface area contributed by atoms with Gasteiger partial charge >= 0.3 is 5.97 Å². The summed E-state index contributed by atoms with van der Waals surface area (Å²) >= 11 is 0. The lowest BCUT2D eigenvalue weighted by Crippen LogP contribution is -1.99. The summed E-state index contributed by atoms with van der Waals surface area (Å²) in [6.45, 7) is 0. The average molecular weight is 303 g/mol. The Labute approximate surface area is 125 Å². The van der Waals surface area contributed by atoms with E-state index in [4.69, 9.17) is 14.6 Å². The Kier molecular flexibility index (Phi) is 4.26. The van der Waals surface area contributed by atoms with Gasteiger partial charge in [0.05, 0.1) is 24.7 Å². The van der Waals surface area contributed by atoms with E-state index in [0.29, 0.717) is 22.6 Å². The number of carboxylic acid groups (broad SMARTS) is 1. The Balaban J connectivity index is 2.61. The van der Waals surface area contributed by atoms with E-state index < -0.39 is 10.9 Å². The summed E-state index contributed by atoms with van der Waals surface area (Å²) in [6, 6.07) is 8.65. The molecule has 0 aliphatic rings. The molecule has 0 bridgehead atoms. The van der Waals surface area contributed by atoms with Crippen LogP contribution >= 0.6 is 0 Å². The van der Waals surface area contributed by atoms with Gasteiger partial charge in [0.15, 0.2) is 11.5 Å². The summed E-state index contributed by atoms with van der Waals surface area (Å²) in [5.74, 6) is -0.274. The van der Waals surface area contributed by atoms with Crippen molar-refractivity contribution in [2.75, 3.05) is 14.2 Å². The summed E-state index contributed by atoms with van der Waals surface area (Å²) in [4.78, 5) is 21.4. The van der Waals surface area contributed by atoms with Gasteiger partial charge < -0.3 is 14.6 Å². The number of nitro benzene ring substituents is 1. The topological polar surface area (TPSA) is 98.9 Å². The van der Waals surface area contributed by atoms with E-state index in [2.05, 4.69) is 0 Å². The molecule has 0 amide bonds. The predicted molar refractivity (Wildman–Crippen MR) is 78.6 cm³/mol. The first-order valence-electron chi connectivity index (χ1n) is 6.21. The zero-order valence-corrected chi connectivity index (χ0v) is 11.9. The molecule has 0 spiro atoms. The van der Waals surface area contributed by atoms with Crippen molar-refractivity contribution in [1.29, 1.82) is 0 Å². The molecule has 7 nitrogen and oxygen atoms in total. The van der Waals surface area contributed by atoms with Crippen LogP contribution in [0.25, 0.3) is 11.1 Å². The highest BCUT2D eigenvalue weighted by molar-refractivity contribution is 5.90. The Morgan fingerprint density at radius 1 is 1.05 bits per heavy atom. The van der Waals surface area contributed by atoms with Gasteiger partial charge in [-0.15, -0.1) is 0 Å². The average Bonchev–Trinajstić information content (AvgIpc) is 2.53. The Morgan fingerprint density at radius 2 is 1.73 bits per heavy atom. The van der Waals surface area contributed by atoms with Crippen molar-refractivity contribution in [3.63, 3.8) is 0 Å². The summed E-state index contributed by atoms with van der Waals surface area (Å²) in [7, 11) is 2.96. The fourth-order valence-electron chi connectivity index (χ4n) is 2.02. The van der Waals surface area contributed by atoms with Crippen LogP contribution in [0.3, 0.4) is 0 Å². The molecule has 2 rings (SSSR count). The van der Waals surface area contributed by atoms with E-state index in [1.54, 1.807) is 18.2 Å². The number of rotatable bonds is 5. The number of benzene rings is 2. The predicted octanol–water partition coefficient (Wildman–Crippen LogP) is 2.98. The Hall–Kier alpha value is -3.09. The molecular weight excluding hydrogens is 290 g/mol. The van der Waals surface area contributed by atoms with Gasteiger partial charge in [-0.1, -0.05) is 6.07 Å². The summed E-state index contributed by atoms with van der Waals surface area (Å²) in [5.41, 5.74) is 0.556. The molecule has 0 saturated carbocycles. The highest BCUT2D eigenvalue weighted by Crippen LogP contribution is 2.34. The van der Waals surface area contributed by atoms with E-state index in [0.717, 1.165) is 6.07 Å². The van der Waals surface area contributed by atoms with E-state index in [9.17, 15) is 14.9 Å². The number of non-ortho nitro benzene ring substituents is 1. The number of nitrogens with zero attached hydrogens (tertiary/aromatic N) is 1. The second-order valence-electron chi connectivity index (χ2n) is 4.40. The minimum absolute atomic E-state index is 0.154. The van der Waals surface area contributed by atoms with Crippen molar-refractivity contribution < 1.29 is 24.3 Å². The highest BCUT2D eigenvalue weighted by Gasteiger charge is 2.15. The maximum absolute atomic E-state index is 11.1. The van der Waals surface area contributed by atoms with E-state index in [1.807, 2.05) is 0 Å². The smallest absolute Gasteiger partial charge is 0.335 e. The van der Waals surface area contributed by atoms with E-state index >= 15 is 0 Å². The van der Waals surface area contributed by atoms with Gasteiger partial charge in [0.2, 0.25) is 0 Å².